The zero-order valence-corrected chi connectivity index (χ0v) is 25.1. The van der Waals surface area contributed by atoms with Crippen LogP contribution in [0.4, 0.5) is 0 Å². The zero-order chi connectivity index (χ0) is 28.3. The third-order valence-electron chi connectivity index (χ3n) is 9.01. The minimum absolute atomic E-state index is 0.0317. The lowest BCUT2D eigenvalue weighted by Gasteiger charge is -2.38. The third kappa shape index (κ3) is 6.36. The Morgan fingerprint density at radius 1 is 1.13 bits per heavy atom. The number of carbonyl (C=O) groups is 2. The van der Waals surface area contributed by atoms with Crippen molar-refractivity contribution in [2.45, 2.75) is 97.1 Å². The topological polar surface area (TPSA) is 98.1 Å². The normalized spacial score (nSPS) is 25.6. The number of nitrogens with zero attached hydrogens (tertiary/aromatic N) is 1. The second-order valence-electron chi connectivity index (χ2n) is 11.9. The van der Waals surface area contributed by atoms with Gasteiger partial charge < -0.3 is 15.3 Å². The monoisotopic (exact) mass is 601 g/mol. The highest BCUT2D eigenvalue weighted by Crippen LogP contribution is 2.49. The van der Waals surface area contributed by atoms with Crippen LogP contribution in [-0.4, -0.2) is 50.8 Å². The molecule has 1 aromatic carbocycles. The van der Waals surface area contributed by atoms with Crippen molar-refractivity contribution in [3.63, 3.8) is 0 Å². The quantitative estimate of drug-likeness (QED) is 0.213. The van der Waals surface area contributed by atoms with Crippen molar-refractivity contribution < 1.29 is 24.9 Å². The molecule has 1 saturated heterocycles. The van der Waals surface area contributed by atoms with Gasteiger partial charge in [0.05, 0.1) is 24.5 Å². The van der Waals surface area contributed by atoms with Crippen LogP contribution >= 0.6 is 15.9 Å². The maximum atomic E-state index is 13.7. The molecule has 3 N–H and O–H groups in total. The van der Waals surface area contributed by atoms with Gasteiger partial charge in [0.15, 0.2) is 0 Å². The first-order chi connectivity index (χ1) is 18.7. The van der Waals surface area contributed by atoms with Crippen LogP contribution < -0.4 is 0 Å². The summed E-state index contributed by atoms with van der Waals surface area (Å²) >= 11 is 3.47. The second kappa shape index (κ2) is 13.1. The summed E-state index contributed by atoms with van der Waals surface area (Å²) < 4.78 is 0.884. The van der Waals surface area contributed by atoms with Gasteiger partial charge in [-0.25, -0.2) is 0 Å². The van der Waals surface area contributed by atoms with Crippen LogP contribution in [0.2, 0.25) is 0 Å². The van der Waals surface area contributed by atoms with Gasteiger partial charge in [0, 0.05) is 22.0 Å². The Morgan fingerprint density at radius 3 is 2.49 bits per heavy atom. The summed E-state index contributed by atoms with van der Waals surface area (Å²) in [6.07, 6.45) is 9.45. The predicted octanol–water partition coefficient (Wildman–Crippen LogP) is 6.38. The van der Waals surface area contributed by atoms with Gasteiger partial charge in [-0.2, -0.15) is 0 Å². The van der Waals surface area contributed by atoms with E-state index in [-0.39, 0.29) is 36.1 Å². The number of hydrogen-bond acceptors (Lipinski definition) is 5. The molecule has 3 aliphatic rings. The fourth-order valence-electron chi connectivity index (χ4n) is 7.10. The number of aliphatic hydroxyl groups excluding tert-OH is 2. The maximum absolute atomic E-state index is 13.7. The molecule has 1 aliphatic heterocycles. The number of aromatic hydroxyl groups is 1. The van der Waals surface area contributed by atoms with Gasteiger partial charge in [0.25, 0.3) is 0 Å². The molecular weight excluding hydrogens is 558 g/mol. The summed E-state index contributed by atoms with van der Waals surface area (Å²) in [6.45, 7) is 5.98. The number of likely N-dealkylation sites (tertiary alicyclic amines) is 1. The van der Waals surface area contributed by atoms with Gasteiger partial charge in [-0.15, -0.1) is 0 Å². The van der Waals surface area contributed by atoms with E-state index in [0.29, 0.717) is 19.3 Å². The van der Waals surface area contributed by atoms with Crippen LogP contribution in [0.25, 0.3) is 6.08 Å². The first kappa shape index (κ1) is 30.0. The molecule has 6 nitrogen and oxygen atoms in total. The summed E-state index contributed by atoms with van der Waals surface area (Å²) in [5.41, 5.74) is 3.64. The molecular formula is C32H44BrNO5. The highest BCUT2D eigenvalue weighted by atomic mass is 79.9. The number of amides is 2. The summed E-state index contributed by atoms with van der Waals surface area (Å²) in [4.78, 5) is 28.8. The highest BCUT2D eigenvalue weighted by Gasteiger charge is 2.56. The second-order valence-corrected chi connectivity index (χ2v) is 12.8. The lowest BCUT2D eigenvalue weighted by molar-refractivity contribution is -0.143. The van der Waals surface area contributed by atoms with Gasteiger partial charge in [-0.05, 0) is 68.2 Å². The first-order valence-electron chi connectivity index (χ1n) is 14.7. The SMILES string of the molecule is CCC/C(=C\c1cc(Br)ccc1O)CC[C@@H](O)C1=C(C(C)C)C[C@H]2C(=O)N(C3CCCCC3)C(=O)[C@H]2[C@H]1CO. The van der Waals surface area contributed by atoms with E-state index in [4.69, 9.17) is 0 Å². The lowest BCUT2D eigenvalue weighted by Crippen LogP contribution is -2.42. The number of benzene rings is 1. The van der Waals surface area contributed by atoms with Crippen LogP contribution in [0.15, 0.2) is 39.4 Å². The number of halogens is 1. The number of hydrogen-bond donors (Lipinski definition) is 3. The van der Waals surface area contributed by atoms with E-state index in [1.165, 1.54) is 4.90 Å². The highest BCUT2D eigenvalue weighted by molar-refractivity contribution is 9.10. The number of imide groups is 1. The fraction of sp³-hybridized carbons (Fsp3) is 0.625. The first-order valence-corrected chi connectivity index (χ1v) is 15.5. The smallest absolute Gasteiger partial charge is 0.234 e. The number of phenolic OH excluding ortho intramolecular Hbond substituents is 1. The number of phenols is 1. The molecule has 0 bridgehead atoms. The molecule has 39 heavy (non-hydrogen) atoms. The van der Waals surface area contributed by atoms with Crippen LogP contribution in [-0.2, 0) is 9.59 Å². The van der Waals surface area contributed by atoms with Crippen molar-refractivity contribution in [1.82, 2.24) is 4.90 Å². The summed E-state index contributed by atoms with van der Waals surface area (Å²) in [5.74, 6) is -1.51. The van der Waals surface area contributed by atoms with Crippen molar-refractivity contribution in [2.24, 2.45) is 23.7 Å². The Morgan fingerprint density at radius 2 is 1.85 bits per heavy atom. The summed E-state index contributed by atoms with van der Waals surface area (Å²) in [5, 5.41) is 32.5. The van der Waals surface area contributed by atoms with E-state index >= 15 is 0 Å². The van der Waals surface area contributed by atoms with Gasteiger partial charge in [-0.3, -0.25) is 14.5 Å². The molecule has 0 radical (unpaired) electrons. The van der Waals surface area contributed by atoms with Gasteiger partial charge in [-0.1, -0.05) is 79.6 Å². The van der Waals surface area contributed by atoms with Gasteiger partial charge in [0.1, 0.15) is 5.75 Å². The van der Waals surface area contributed by atoms with Gasteiger partial charge >= 0.3 is 0 Å². The Bertz CT molecular complexity index is 1120. The molecule has 7 heteroatoms. The number of carbonyl (C=O) groups excluding carboxylic acids is 2. The molecule has 2 fully saturated rings. The number of allylic oxidation sites excluding steroid dienone is 2. The number of fused-ring (bicyclic) bond motifs is 1. The van der Waals surface area contributed by atoms with Crippen molar-refractivity contribution in [3.8, 4) is 5.75 Å². The van der Waals surface area contributed by atoms with Crippen LogP contribution in [0.5, 0.6) is 5.75 Å². The lowest BCUT2D eigenvalue weighted by atomic mass is 9.66. The molecule has 0 unspecified atom stereocenters. The van der Waals surface area contributed by atoms with Crippen LogP contribution in [0.1, 0.15) is 90.5 Å². The Kier molecular flexibility index (Phi) is 10.1. The molecule has 4 rings (SSSR count). The van der Waals surface area contributed by atoms with Crippen molar-refractivity contribution in [1.29, 1.82) is 0 Å². The molecule has 4 atom stereocenters. The van der Waals surface area contributed by atoms with Crippen LogP contribution in [0.3, 0.4) is 0 Å². The Hall–Kier alpha value is -1.96. The number of rotatable bonds is 10. The van der Waals surface area contributed by atoms with E-state index in [1.807, 2.05) is 12.1 Å². The Labute approximate surface area is 241 Å². The average Bonchev–Trinajstić information content (AvgIpc) is 3.17. The zero-order valence-electron chi connectivity index (χ0n) is 23.5. The van der Waals surface area contributed by atoms with E-state index in [1.54, 1.807) is 12.1 Å². The maximum Gasteiger partial charge on any atom is 0.234 e. The third-order valence-corrected chi connectivity index (χ3v) is 9.50. The largest absolute Gasteiger partial charge is 0.507 e. The van der Waals surface area contributed by atoms with E-state index in [2.05, 4.69) is 36.7 Å². The minimum Gasteiger partial charge on any atom is -0.507 e. The predicted molar refractivity (Wildman–Crippen MR) is 157 cm³/mol. The fourth-order valence-corrected chi connectivity index (χ4v) is 7.48. The molecule has 0 spiro atoms. The number of aliphatic hydroxyl groups is 2. The summed E-state index contributed by atoms with van der Waals surface area (Å²) in [6, 6.07) is 5.31. The van der Waals surface area contributed by atoms with Crippen molar-refractivity contribution >= 4 is 33.8 Å². The molecule has 1 heterocycles. The van der Waals surface area contributed by atoms with Crippen molar-refractivity contribution in [3.05, 3.63) is 45.0 Å². The molecule has 2 amide bonds. The molecule has 2 aliphatic carbocycles. The summed E-state index contributed by atoms with van der Waals surface area (Å²) in [7, 11) is 0. The van der Waals surface area contributed by atoms with E-state index < -0.39 is 23.9 Å². The Balaban J connectivity index is 1.59. The molecule has 1 aromatic rings. The standard InChI is InChI=1S/C32H44BrNO5/c1-4-8-20(15-21-16-22(33)12-14-27(21)36)11-13-28(37)29-24(19(2)3)17-25-30(26(29)18-35)32(39)34(31(25)38)23-9-6-5-7-10-23/h12,14-16,19,23,25-26,28,30,35-37H,4-11,13,17-18H2,1-3H3/b20-15+/t25-,26+,28-,30-/m1/s1. The van der Waals surface area contributed by atoms with Crippen LogP contribution in [0, 0.1) is 23.7 Å². The van der Waals surface area contributed by atoms with E-state index in [9.17, 15) is 24.9 Å². The average molecular weight is 603 g/mol. The molecule has 1 saturated carbocycles. The van der Waals surface area contributed by atoms with E-state index in [0.717, 1.165) is 71.7 Å². The molecule has 214 valence electrons. The minimum atomic E-state index is -0.816. The molecule has 0 aromatic heterocycles. The van der Waals surface area contributed by atoms with Crippen molar-refractivity contribution in [2.75, 3.05) is 6.61 Å². The van der Waals surface area contributed by atoms with Gasteiger partial charge in [0.2, 0.25) is 11.8 Å².